The van der Waals surface area contributed by atoms with Crippen molar-refractivity contribution in [1.82, 2.24) is 5.32 Å². The Labute approximate surface area is 134 Å². The van der Waals surface area contributed by atoms with Gasteiger partial charge < -0.3 is 10.4 Å². The molecule has 22 heavy (non-hydrogen) atoms. The van der Waals surface area contributed by atoms with Crippen molar-refractivity contribution < 1.29 is 14.7 Å². The first-order chi connectivity index (χ1) is 10.6. The van der Waals surface area contributed by atoms with Crippen LogP contribution in [0.4, 0.5) is 0 Å². The summed E-state index contributed by atoms with van der Waals surface area (Å²) in [5.74, 6) is -1.09. The second kappa shape index (κ2) is 14.4. The highest BCUT2D eigenvalue weighted by Gasteiger charge is 2.18. The maximum absolute atomic E-state index is 11.8. The van der Waals surface area contributed by atoms with Gasteiger partial charge in [0.2, 0.25) is 5.91 Å². The van der Waals surface area contributed by atoms with Crippen LogP contribution in [0.3, 0.4) is 0 Å². The number of hydrogen-bond acceptors (Lipinski definition) is 2. The van der Waals surface area contributed by atoms with E-state index in [0.717, 1.165) is 57.8 Å². The predicted octanol–water partition coefficient (Wildman–Crippen LogP) is 4.22. The van der Waals surface area contributed by atoms with Crippen LogP contribution in [-0.4, -0.2) is 23.0 Å². The van der Waals surface area contributed by atoms with E-state index in [1.165, 1.54) is 0 Å². The number of aliphatic carboxylic acids is 1. The molecule has 0 unspecified atom stereocenters. The highest BCUT2D eigenvalue weighted by Crippen LogP contribution is 2.08. The maximum Gasteiger partial charge on any atom is 0.326 e. The smallest absolute Gasteiger partial charge is 0.326 e. The third-order valence-corrected chi connectivity index (χ3v) is 3.60. The van der Waals surface area contributed by atoms with Gasteiger partial charge in [0.25, 0.3) is 0 Å². The molecule has 4 nitrogen and oxygen atoms in total. The first-order valence-corrected chi connectivity index (χ1v) is 8.35. The van der Waals surface area contributed by atoms with E-state index in [1.54, 1.807) is 0 Å². The number of hydrogen-bond donors (Lipinski definition) is 2. The largest absolute Gasteiger partial charge is 0.480 e. The minimum absolute atomic E-state index is 0.151. The van der Waals surface area contributed by atoms with Crippen molar-refractivity contribution in [2.45, 2.75) is 76.7 Å². The molecule has 0 aromatic heterocycles. The van der Waals surface area contributed by atoms with E-state index in [1.807, 2.05) is 12.2 Å². The highest BCUT2D eigenvalue weighted by molar-refractivity contribution is 5.83. The number of allylic oxidation sites excluding steroid dienone is 2. The summed E-state index contributed by atoms with van der Waals surface area (Å²) in [5, 5.41) is 11.8. The van der Waals surface area contributed by atoms with Gasteiger partial charge in [-0.15, -0.1) is 13.2 Å². The quantitative estimate of drug-likeness (QED) is 0.351. The van der Waals surface area contributed by atoms with Crippen LogP contribution in [0.15, 0.2) is 25.3 Å². The van der Waals surface area contributed by atoms with E-state index in [9.17, 15) is 9.59 Å². The summed E-state index contributed by atoms with van der Waals surface area (Å²) in [4.78, 5) is 22.9. The minimum Gasteiger partial charge on any atom is -0.480 e. The van der Waals surface area contributed by atoms with Crippen LogP contribution < -0.4 is 5.32 Å². The van der Waals surface area contributed by atoms with Crippen LogP contribution in [0.5, 0.6) is 0 Å². The molecular formula is C18H31NO3. The number of amides is 1. The molecule has 126 valence electrons. The maximum atomic E-state index is 11.8. The fraction of sp³-hybridized carbons (Fsp3) is 0.667. The summed E-state index contributed by atoms with van der Waals surface area (Å²) >= 11 is 0. The Hall–Kier alpha value is -1.58. The SMILES string of the molecule is C=CCCCCCCC(=O)N[C@@H](CCCCCC=C)C(=O)O. The van der Waals surface area contributed by atoms with Crippen molar-refractivity contribution in [3.05, 3.63) is 25.3 Å². The van der Waals surface area contributed by atoms with Crippen LogP contribution in [0.2, 0.25) is 0 Å². The molecule has 0 aliphatic rings. The summed E-state index contributed by atoms with van der Waals surface area (Å²) in [5.41, 5.74) is 0. The predicted molar refractivity (Wildman–Crippen MR) is 90.7 cm³/mol. The number of carbonyl (C=O) groups is 2. The van der Waals surface area contributed by atoms with E-state index in [4.69, 9.17) is 5.11 Å². The Morgan fingerprint density at radius 2 is 1.45 bits per heavy atom. The van der Waals surface area contributed by atoms with E-state index < -0.39 is 12.0 Å². The summed E-state index contributed by atoms with van der Waals surface area (Å²) in [6.45, 7) is 7.33. The summed E-state index contributed by atoms with van der Waals surface area (Å²) in [6, 6.07) is -0.753. The number of nitrogens with one attached hydrogen (secondary N) is 1. The molecule has 0 aromatic rings. The second-order valence-corrected chi connectivity index (χ2v) is 5.63. The number of carbonyl (C=O) groups excluding carboxylic acids is 1. The molecule has 1 amide bonds. The molecule has 0 radical (unpaired) electrons. The normalized spacial score (nSPS) is 11.6. The van der Waals surface area contributed by atoms with Gasteiger partial charge in [0.15, 0.2) is 0 Å². The molecule has 4 heteroatoms. The van der Waals surface area contributed by atoms with Crippen molar-refractivity contribution in [2.75, 3.05) is 0 Å². The number of unbranched alkanes of at least 4 members (excludes halogenated alkanes) is 7. The van der Waals surface area contributed by atoms with Gasteiger partial charge in [-0.25, -0.2) is 4.79 Å². The van der Waals surface area contributed by atoms with Crippen molar-refractivity contribution in [2.24, 2.45) is 0 Å². The molecule has 0 bridgehead atoms. The molecular weight excluding hydrogens is 278 g/mol. The third kappa shape index (κ3) is 12.2. The molecule has 0 aliphatic heterocycles. The molecule has 0 aromatic carbocycles. The molecule has 1 atom stereocenters. The fourth-order valence-corrected chi connectivity index (χ4v) is 2.27. The van der Waals surface area contributed by atoms with Gasteiger partial charge in [0.1, 0.15) is 6.04 Å². The van der Waals surface area contributed by atoms with Gasteiger partial charge in [0, 0.05) is 6.42 Å². The second-order valence-electron chi connectivity index (χ2n) is 5.63. The first kappa shape index (κ1) is 20.4. The molecule has 0 fully saturated rings. The summed E-state index contributed by atoms with van der Waals surface area (Å²) in [6.07, 6.45) is 13.5. The first-order valence-electron chi connectivity index (χ1n) is 8.35. The van der Waals surface area contributed by atoms with Crippen molar-refractivity contribution in [1.29, 1.82) is 0 Å². The lowest BCUT2D eigenvalue weighted by Gasteiger charge is -2.14. The molecule has 0 saturated carbocycles. The van der Waals surface area contributed by atoms with Gasteiger partial charge >= 0.3 is 5.97 Å². The summed E-state index contributed by atoms with van der Waals surface area (Å²) in [7, 11) is 0. The Bertz CT molecular complexity index is 339. The average molecular weight is 309 g/mol. The Morgan fingerprint density at radius 3 is 2.00 bits per heavy atom. The molecule has 0 aliphatic carbocycles. The van der Waals surface area contributed by atoms with Crippen LogP contribution in [-0.2, 0) is 9.59 Å². The van der Waals surface area contributed by atoms with Gasteiger partial charge in [0.05, 0.1) is 0 Å². The van der Waals surface area contributed by atoms with E-state index in [2.05, 4.69) is 18.5 Å². The van der Waals surface area contributed by atoms with Crippen LogP contribution in [0.1, 0.15) is 70.6 Å². The van der Waals surface area contributed by atoms with Crippen LogP contribution >= 0.6 is 0 Å². The van der Waals surface area contributed by atoms with E-state index in [0.29, 0.717) is 12.8 Å². The minimum atomic E-state index is -0.942. The topological polar surface area (TPSA) is 66.4 Å². The molecule has 0 heterocycles. The molecule has 0 spiro atoms. The van der Waals surface area contributed by atoms with Gasteiger partial charge in [-0.1, -0.05) is 37.8 Å². The molecule has 2 N–H and O–H groups in total. The average Bonchev–Trinajstić information content (AvgIpc) is 2.49. The highest BCUT2D eigenvalue weighted by atomic mass is 16.4. The van der Waals surface area contributed by atoms with Gasteiger partial charge in [-0.2, -0.15) is 0 Å². The Kier molecular flexibility index (Phi) is 13.3. The zero-order valence-electron chi connectivity index (χ0n) is 13.7. The molecule has 0 saturated heterocycles. The lowest BCUT2D eigenvalue weighted by atomic mass is 10.1. The summed E-state index contributed by atoms with van der Waals surface area (Å²) < 4.78 is 0. The van der Waals surface area contributed by atoms with Gasteiger partial charge in [-0.3, -0.25) is 4.79 Å². The fourth-order valence-electron chi connectivity index (χ4n) is 2.27. The van der Waals surface area contributed by atoms with Crippen LogP contribution in [0, 0.1) is 0 Å². The monoisotopic (exact) mass is 309 g/mol. The standard InChI is InChI=1S/C18H31NO3/c1-3-5-7-9-11-13-15-17(20)19-16(18(21)22)14-12-10-8-6-4-2/h3-4,16H,1-2,5-15H2,(H,19,20)(H,21,22)/t16-/m0/s1. The molecule has 0 rings (SSSR count). The number of carboxylic acid groups (broad SMARTS) is 1. The van der Waals surface area contributed by atoms with Gasteiger partial charge in [-0.05, 0) is 38.5 Å². The Balaban J connectivity index is 3.81. The van der Waals surface area contributed by atoms with E-state index >= 15 is 0 Å². The number of rotatable bonds is 15. The van der Waals surface area contributed by atoms with Crippen molar-refractivity contribution in [3.8, 4) is 0 Å². The van der Waals surface area contributed by atoms with Crippen molar-refractivity contribution >= 4 is 11.9 Å². The van der Waals surface area contributed by atoms with E-state index in [-0.39, 0.29) is 5.91 Å². The zero-order valence-corrected chi connectivity index (χ0v) is 13.7. The zero-order chi connectivity index (χ0) is 16.6. The number of carboxylic acids is 1. The van der Waals surface area contributed by atoms with Crippen molar-refractivity contribution in [3.63, 3.8) is 0 Å². The van der Waals surface area contributed by atoms with Crippen LogP contribution in [0.25, 0.3) is 0 Å². The Morgan fingerprint density at radius 1 is 0.909 bits per heavy atom. The third-order valence-electron chi connectivity index (χ3n) is 3.60. The lowest BCUT2D eigenvalue weighted by Crippen LogP contribution is -2.40. The lowest BCUT2D eigenvalue weighted by molar-refractivity contribution is -0.142.